The highest BCUT2D eigenvalue weighted by Crippen LogP contribution is 2.34. The fourth-order valence-electron chi connectivity index (χ4n) is 3.36. The Morgan fingerprint density at radius 3 is 2.38 bits per heavy atom. The van der Waals surface area contributed by atoms with E-state index in [2.05, 4.69) is 17.1 Å². The lowest BCUT2D eigenvalue weighted by Gasteiger charge is -2.23. The molecule has 3 rings (SSSR count). The summed E-state index contributed by atoms with van der Waals surface area (Å²) in [7, 11) is 1.68. The van der Waals surface area contributed by atoms with Gasteiger partial charge < -0.3 is 9.84 Å². The molecule has 0 saturated carbocycles. The number of rotatable bonds is 3. The zero-order chi connectivity index (χ0) is 15.0. The molecule has 0 radical (unpaired) electrons. The van der Waals surface area contributed by atoms with Crippen molar-refractivity contribution in [3.8, 4) is 5.75 Å². The van der Waals surface area contributed by atoms with Crippen molar-refractivity contribution < 1.29 is 9.84 Å². The average molecular weight is 283 g/mol. The molecule has 0 unspecified atom stereocenters. The smallest absolute Gasteiger partial charge is 0.128 e. The van der Waals surface area contributed by atoms with Gasteiger partial charge in [-0.15, -0.1) is 0 Å². The van der Waals surface area contributed by atoms with E-state index in [0.717, 1.165) is 22.6 Å². The van der Waals surface area contributed by atoms with Crippen LogP contribution in [0.15, 0.2) is 30.5 Å². The van der Waals surface area contributed by atoms with Gasteiger partial charge in [0.2, 0.25) is 0 Å². The molecular weight excluding hydrogens is 262 g/mol. The molecule has 21 heavy (non-hydrogen) atoms. The van der Waals surface area contributed by atoms with Crippen LogP contribution in [0.5, 0.6) is 5.75 Å². The van der Waals surface area contributed by atoms with Crippen molar-refractivity contribution >= 4 is 0 Å². The first-order chi connectivity index (χ1) is 10.0. The number of nitrogens with zero attached hydrogens (tertiary/aromatic N) is 1. The summed E-state index contributed by atoms with van der Waals surface area (Å²) in [6, 6.07) is 8.26. The number of aryl methyl sites for hydroxylation is 1. The Balaban J connectivity index is 1.89. The molecule has 1 aliphatic rings. The zero-order valence-corrected chi connectivity index (χ0v) is 12.8. The van der Waals surface area contributed by atoms with Crippen molar-refractivity contribution in [2.45, 2.75) is 38.7 Å². The topological polar surface area (TPSA) is 42.4 Å². The Hall–Kier alpha value is -1.87. The number of hydrogen-bond donors (Lipinski definition) is 1. The molecule has 3 heteroatoms. The van der Waals surface area contributed by atoms with Crippen LogP contribution >= 0.6 is 0 Å². The lowest BCUT2D eigenvalue weighted by Crippen LogP contribution is -2.33. The van der Waals surface area contributed by atoms with Crippen LogP contribution in [0.25, 0.3) is 0 Å². The van der Waals surface area contributed by atoms with Gasteiger partial charge >= 0.3 is 0 Å². The third-order valence-corrected chi connectivity index (χ3v) is 4.40. The molecule has 1 heterocycles. The summed E-state index contributed by atoms with van der Waals surface area (Å²) in [6.45, 7) is 4.00. The first kappa shape index (κ1) is 14.1. The Morgan fingerprint density at radius 1 is 1.19 bits per heavy atom. The van der Waals surface area contributed by atoms with Gasteiger partial charge in [-0.2, -0.15) is 0 Å². The third kappa shape index (κ3) is 2.54. The van der Waals surface area contributed by atoms with E-state index >= 15 is 0 Å². The number of benzene rings is 1. The molecule has 1 aromatic heterocycles. The third-order valence-electron chi connectivity index (χ3n) is 4.40. The zero-order valence-electron chi connectivity index (χ0n) is 12.8. The Kier molecular flexibility index (Phi) is 3.46. The van der Waals surface area contributed by atoms with E-state index in [9.17, 15) is 5.11 Å². The van der Waals surface area contributed by atoms with Gasteiger partial charge in [0.25, 0.3) is 0 Å². The number of aliphatic hydroxyl groups is 1. The largest absolute Gasteiger partial charge is 0.496 e. The highest BCUT2D eigenvalue weighted by Gasteiger charge is 2.36. The van der Waals surface area contributed by atoms with Crippen molar-refractivity contribution in [3.05, 3.63) is 58.4 Å². The predicted octanol–water partition coefficient (Wildman–Crippen LogP) is 2.78. The van der Waals surface area contributed by atoms with Crippen molar-refractivity contribution in [2.75, 3.05) is 7.11 Å². The highest BCUT2D eigenvalue weighted by atomic mass is 16.5. The van der Waals surface area contributed by atoms with Crippen LogP contribution in [0.4, 0.5) is 0 Å². The molecule has 0 saturated heterocycles. The van der Waals surface area contributed by atoms with Crippen molar-refractivity contribution in [2.24, 2.45) is 0 Å². The van der Waals surface area contributed by atoms with Crippen molar-refractivity contribution in [1.29, 1.82) is 0 Å². The average Bonchev–Trinajstić information content (AvgIpc) is 2.79. The van der Waals surface area contributed by atoms with Gasteiger partial charge in [0, 0.05) is 42.3 Å². The molecule has 1 aromatic carbocycles. The van der Waals surface area contributed by atoms with Gasteiger partial charge in [-0.1, -0.05) is 24.3 Å². The Labute approximate surface area is 125 Å². The minimum absolute atomic E-state index is 0.560. The van der Waals surface area contributed by atoms with Crippen LogP contribution in [0.3, 0.4) is 0 Å². The molecule has 0 amide bonds. The second-order valence-electron chi connectivity index (χ2n) is 6.07. The number of hydrogen-bond acceptors (Lipinski definition) is 3. The highest BCUT2D eigenvalue weighted by molar-refractivity contribution is 5.43. The first-order valence-corrected chi connectivity index (χ1v) is 7.31. The minimum Gasteiger partial charge on any atom is -0.496 e. The number of methoxy groups -OCH3 is 1. The van der Waals surface area contributed by atoms with Crippen LogP contribution in [0.2, 0.25) is 0 Å². The fraction of sp³-hybridized carbons (Fsp3) is 0.389. The summed E-state index contributed by atoms with van der Waals surface area (Å²) in [5.74, 6) is 0.874. The summed E-state index contributed by atoms with van der Waals surface area (Å²) in [4.78, 5) is 4.52. The molecular formula is C18H21NO2. The Bertz CT molecular complexity index is 654. The summed E-state index contributed by atoms with van der Waals surface area (Å²) in [6.07, 6.45) is 3.78. The van der Waals surface area contributed by atoms with E-state index in [0.29, 0.717) is 19.3 Å². The second-order valence-corrected chi connectivity index (χ2v) is 6.07. The van der Waals surface area contributed by atoms with Crippen LogP contribution in [-0.4, -0.2) is 22.8 Å². The Morgan fingerprint density at radius 2 is 1.81 bits per heavy atom. The number of aromatic nitrogens is 1. The van der Waals surface area contributed by atoms with Gasteiger partial charge in [0.05, 0.1) is 12.7 Å². The van der Waals surface area contributed by atoms with Gasteiger partial charge in [-0.3, -0.25) is 4.98 Å². The van der Waals surface area contributed by atoms with Crippen LogP contribution in [0.1, 0.15) is 27.9 Å². The fourth-order valence-corrected chi connectivity index (χ4v) is 3.36. The van der Waals surface area contributed by atoms with Crippen LogP contribution in [-0.2, 0) is 19.3 Å². The lowest BCUT2D eigenvalue weighted by atomic mass is 9.92. The molecule has 1 N–H and O–H groups in total. The first-order valence-electron chi connectivity index (χ1n) is 7.31. The number of pyridine rings is 1. The quantitative estimate of drug-likeness (QED) is 0.942. The summed E-state index contributed by atoms with van der Waals surface area (Å²) in [5, 5.41) is 10.9. The second kappa shape index (κ2) is 5.15. The van der Waals surface area contributed by atoms with Crippen LogP contribution < -0.4 is 4.74 Å². The van der Waals surface area contributed by atoms with E-state index in [4.69, 9.17) is 4.74 Å². The molecule has 2 aromatic rings. The molecule has 110 valence electrons. The molecule has 0 spiro atoms. The van der Waals surface area contributed by atoms with Gasteiger partial charge in [0.15, 0.2) is 0 Å². The van der Waals surface area contributed by atoms with E-state index < -0.39 is 5.60 Å². The normalized spacial score (nSPS) is 15.8. The summed E-state index contributed by atoms with van der Waals surface area (Å²) in [5.41, 5.74) is 4.74. The maximum absolute atomic E-state index is 10.9. The molecule has 0 bridgehead atoms. The molecule has 0 atom stereocenters. The van der Waals surface area contributed by atoms with Crippen molar-refractivity contribution in [1.82, 2.24) is 4.98 Å². The van der Waals surface area contributed by atoms with Gasteiger partial charge in [-0.25, -0.2) is 0 Å². The monoisotopic (exact) mass is 283 g/mol. The standard InChI is InChI=1S/C18H21NO2/c1-12-11-19-16(13(2)17(12)21-3)10-18(20)8-14-6-4-5-7-15(14)9-18/h4-7,11,20H,8-10H2,1-3H3. The summed E-state index contributed by atoms with van der Waals surface area (Å²) >= 11 is 0. The summed E-state index contributed by atoms with van der Waals surface area (Å²) < 4.78 is 5.45. The van der Waals surface area contributed by atoms with E-state index in [1.165, 1.54) is 11.1 Å². The number of fused-ring (bicyclic) bond motifs is 1. The maximum Gasteiger partial charge on any atom is 0.128 e. The van der Waals surface area contributed by atoms with E-state index in [1.807, 2.05) is 32.2 Å². The van der Waals surface area contributed by atoms with E-state index in [-0.39, 0.29) is 0 Å². The van der Waals surface area contributed by atoms with Crippen molar-refractivity contribution in [3.63, 3.8) is 0 Å². The molecule has 0 fully saturated rings. The van der Waals surface area contributed by atoms with E-state index in [1.54, 1.807) is 7.11 Å². The molecule has 3 nitrogen and oxygen atoms in total. The van der Waals surface area contributed by atoms with Gasteiger partial charge in [-0.05, 0) is 25.0 Å². The molecule has 0 aliphatic heterocycles. The minimum atomic E-state index is -0.734. The van der Waals surface area contributed by atoms with Crippen LogP contribution in [0, 0.1) is 13.8 Å². The number of ether oxygens (including phenoxy) is 1. The lowest BCUT2D eigenvalue weighted by molar-refractivity contribution is 0.0506. The molecule has 1 aliphatic carbocycles. The predicted molar refractivity (Wildman–Crippen MR) is 82.8 cm³/mol. The maximum atomic E-state index is 10.9. The SMILES string of the molecule is COc1c(C)cnc(CC2(O)Cc3ccccc3C2)c1C. The van der Waals surface area contributed by atoms with Gasteiger partial charge in [0.1, 0.15) is 5.75 Å².